The fourth-order valence-corrected chi connectivity index (χ4v) is 1.86. The van der Waals surface area contributed by atoms with Crippen LogP contribution in [-0.4, -0.2) is 4.98 Å². The molecule has 4 N–H and O–H groups in total. The van der Waals surface area contributed by atoms with Gasteiger partial charge in [0.2, 0.25) is 0 Å². The second-order valence-electron chi connectivity index (χ2n) is 4.23. The summed E-state index contributed by atoms with van der Waals surface area (Å²) >= 11 is 0. The van der Waals surface area contributed by atoms with E-state index in [1.807, 2.05) is 19.1 Å². The van der Waals surface area contributed by atoms with E-state index in [1.165, 1.54) is 6.07 Å². The fraction of sp³-hybridized carbons (Fsp3) is 0.214. The normalized spacial score (nSPS) is 10.6. The van der Waals surface area contributed by atoms with E-state index >= 15 is 0 Å². The Hall–Kier alpha value is -2.10. The predicted molar refractivity (Wildman–Crippen MR) is 72.6 cm³/mol. The summed E-state index contributed by atoms with van der Waals surface area (Å²) in [6.07, 6.45) is 0.795. The molecule has 0 unspecified atom stereocenters. The Morgan fingerprint density at radius 3 is 2.67 bits per heavy atom. The van der Waals surface area contributed by atoms with Crippen molar-refractivity contribution < 1.29 is 4.39 Å². The van der Waals surface area contributed by atoms with E-state index in [1.54, 1.807) is 13.0 Å². The first kappa shape index (κ1) is 12.4. The molecule has 0 aliphatic rings. The van der Waals surface area contributed by atoms with Gasteiger partial charge >= 0.3 is 0 Å². The third-order valence-corrected chi connectivity index (χ3v) is 3.05. The Morgan fingerprint density at radius 1 is 1.28 bits per heavy atom. The van der Waals surface area contributed by atoms with Gasteiger partial charge < -0.3 is 11.5 Å². The first-order valence-electron chi connectivity index (χ1n) is 5.85. The maximum absolute atomic E-state index is 14.0. The van der Waals surface area contributed by atoms with Crippen molar-refractivity contribution in [3.8, 4) is 11.3 Å². The van der Waals surface area contributed by atoms with Gasteiger partial charge in [-0.3, -0.25) is 4.98 Å². The molecule has 1 aromatic heterocycles. The van der Waals surface area contributed by atoms with E-state index in [0.29, 0.717) is 28.2 Å². The van der Waals surface area contributed by atoms with Crippen LogP contribution in [0.1, 0.15) is 18.2 Å². The number of nitrogens with two attached hydrogens (primary N) is 2. The minimum atomic E-state index is -0.434. The van der Waals surface area contributed by atoms with Gasteiger partial charge in [0.25, 0.3) is 0 Å². The molecule has 2 rings (SSSR count). The Balaban J connectivity index is 2.67. The Bertz CT molecular complexity index is 594. The monoisotopic (exact) mass is 245 g/mol. The SMILES string of the molecule is CCc1cccc(-c2c(F)cc(N)c(C)c2N)n1. The minimum absolute atomic E-state index is 0.331. The molecule has 0 atom stereocenters. The topological polar surface area (TPSA) is 64.9 Å². The molecule has 3 nitrogen and oxygen atoms in total. The number of rotatable bonds is 2. The highest BCUT2D eigenvalue weighted by molar-refractivity contribution is 5.81. The highest BCUT2D eigenvalue weighted by Gasteiger charge is 2.15. The van der Waals surface area contributed by atoms with Crippen LogP contribution in [-0.2, 0) is 6.42 Å². The molecule has 18 heavy (non-hydrogen) atoms. The number of benzene rings is 1. The molecule has 0 saturated heterocycles. The quantitative estimate of drug-likeness (QED) is 0.799. The van der Waals surface area contributed by atoms with Crippen molar-refractivity contribution in [2.24, 2.45) is 0 Å². The molecule has 1 heterocycles. The van der Waals surface area contributed by atoms with Gasteiger partial charge in [-0.05, 0) is 37.1 Å². The third-order valence-electron chi connectivity index (χ3n) is 3.05. The lowest BCUT2D eigenvalue weighted by Gasteiger charge is -2.12. The van der Waals surface area contributed by atoms with Crippen molar-refractivity contribution in [2.45, 2.75) is 20.3 Å². The van der Waals surface area contributed by atoms with Crippen molar-refractivity contribution >= 4 is 11.4 Å². The molecular weight excluding hydrogens is 229 g/mol. The highest BCUT2D eigenvalue weighted by Crippen LogP contribution is 2.33. The first-order valence-corrected chi connectivity index (χ1v) is 5.85. The van der Waals surface area contributed by atoms with Crippen LogP contribution in [0, 0.1) is 12.7 Å². The van der Waals surface area contributed by atoms with Crippen molar-refractivity contribution in [1.29, 1.82) is 0 Å². The number of halogens is 1. The molecular formula is C14H16FN3. The molecule has 0 fully saturated rings. The van der Waals surface area contributed by atoms with Gasteiger partial charge in [-0.15, -0.1) is 0 Å². The number of nitrogen functional groups attached to an aromatic ring is 2. The Labute approximate surface area is 106 Å². The summed E-state index contributed by atoms with van der Waals surface area (Å²) in [4.78, 5) is 4.39. The molecule has 0 saturated carbocycles. The smallest absolute Gasteiger partial charge is 0.136 e. The van der Waals surface area contributed by atoms with Gasteiger partial charge in [0.05, 0.1) is 11.3 Å². The highest BCUT2D eigenvalue weighted by atomic mass is 19.1. The molecule has 0 aliphatic carbocycles. The van der Waals surface area contributed by atoms with Gasteiger partial charge in [-0.2, -0.15) is 0 Å². The summed E-state index contributed by atoms with van der Waals surface area (Å²) in [5, 5.41) is 0. The van der Waals surface area contributed by atoms with Crippen molar-refractivity contribution in [3.63, 3.8) is 0 Å². The summed E-state index contributed by atoms with van der Waals surface area (Å²) in [7, 11) is 0. The van der Waals surface area contributed by atoms with Crippen LogP contribution in [0.3, 0.4) is 0 Å². The summed E-state index contributed by atoms with van der Waals surface area (Å²) < 4.78 is 14.0. The summed E-state index contributed by atoms with van der Waals surface area (Å²) in [6, 6.07) is 6.80. The van der Waals surface area contributed by atoms with Crippen molar-refractivity contribution in [1.82, 2.24) is 4.98 Å². The van der Waals surface area contributed by atoms with Crippen LogP contribution in [0.25, 0.3) is 11.3 Å². The molecule has 4 heteroatoms. The number of aromatic nitrogens is 1. The maximum atomic E-state index is 14.0. The minimum Gasteiger partial charge on any atom is -0.398 e. The fourth-order valence-electron chi connectivity index (χ4n) is 1.86. The van der Waals surface area contributed by atoms with E-state index in [2.05, 4.69) is 4.98 Å². The zero-order valence-corrected chi connectivity index (χ0v) is 10.5. The van der Waals surface area contributed by atoms with Crippen LogP contribution in [0.5, 0.6) is 0 Å². The van der Waals surface area contributed by atoms with Gasteiger partial charge in [-0.1, -0.05) is 13.0 Å². The zero-order valence-electron chi connectivity index (χ0n) is 10.5. The summed E-state index contributed by atoms with van der Waals surface area (Å²) in [5.74, 6) is -0.434. The van der Waals surface area contributed by atoms with E-state index in [9.17, 15) is 4.39 Å². The number of aryl methyl sites for hydroxylation is 1. The predicted octanol–water partition coefficient (Wildman–Crippen LogP) is 2.92. The standard InChI is InChI=1S/C14H16FN3/c1-3-9-5-4-6-12(18-9)13-10(15)7-11(16)8(2)14(13)17/h4-7H,3,16-17H2,1-2H3. The molecule has 0 amide bonds. The number of anilines is 2. The molecule has 94 valence electrons. The second-order valence-corrected chi connectivity index (χ2v) is 4.23. The lowest BCUT2D eigenvalue weighted by Crippen LogP contribution is -2.03. The Kier molecular flexibility index (Phi) is 3.19. The van der Waals surface area contributed by atoms with Gasteiger partial charge in [0.1, 0.15) is 5.82 Å². The molecule has 0 radical (unpaired) electrons. The third kappa shape index (κ3) is 2.01. The lowest BCUT2D eigenvalue weighted by atomic mass is 10.0. The molecule has 0 aliphatic heterocycles. The van der Waals surface area contributed by atoms with Crippen LogP contribution < -0.4 is 11.5 Å². The van der Waals surface area contributed by atoms with Crippen LogP contribution in [0.2, 0.25) is 0 Å². The second kappa shape index (κ2) is 4.64. The van der Waals surface area contributed by atoms with Gasteiger partial charge in [-0.25, -0.2) is 4.39 Å². The van der Waals surface area contributed by atoms with Gasteiger partial charge in [0, 0.05) is 17.1 Å². The van der Waals surface area contributed by atoms with Crippen LogP contribution in [0.15, 0.2) is 24.3 Å². The largest absolute Gasteiger partial charge is 0.398 e. The number of hydrogen-bond donors (Lipinski definition) is 2. The average molecular weight is 245 g/mol. The summed E-state index contributed by atoms with van der Waals surface area (Å²) in [6.45, 7) is 3.78. The lowest BCUT2D eigenvalue weighted by molar-refractivity contribution is 0.631. The van der Waals surface area contributed by atoms with E-state index in [-0.39, 0.29) is 0 Å². The Morgan fingerprint density at radius 2 is 2.00 bits per heavy atom. The summed E-state index contributed by atoms with van der Waals surface area (Å²) in [5.41, 5.74) is 14.8. The number of nitrogens with zero attached hydrogens (tertiary/aromatic N) is 1. The maximum Gasteiger partial charge on any atom is 0.136 e. The van der Waals surface area contributed by atoms with Crippen molar-refractivity contribution in [2.75, 3.05) is 11.5 Å². The van der Waals surface area contributed by atoms with Crippen LogP contribution in [0.4, 0.5) is 15.8 Å². The zero-order chi connectivity index (χ0) is 13.3. The average Bonchev–Trinajstić information content (AvgIpc) is 2.36. The molecule has 1 aromatic carbocycles. The van der Waals surface area contributed by atoms with E-state index in [4.69, 9.17) is 11.5 Å². The number of hydrogen-bond acceptors (Lipinski definition) is 3. The van der Waals surface area contributed by atoms with Crippen molar-refractivity contribution in [3.05, 3.63) is 41.3 Å². The molecule has 0 bridgehead atoms. The van der Waals surface area contributed by atoms with E-state index in [0.717, 1.165) is 12.1 Å². The number of pyridine rings is 1. The van der Waals surface area contributed by atoms with Gasteiger partial charge in [0.15, 0.2) is 0 Å². The molecule has 2 aromatic rings. The van der Waals surface area contributed by atoms with E-state index < -0.39 is 5.82 Å². The van der Waals surface area contributed by atoms with Crippen LogP contribution >= 0.6 is 0 Å². The first-order chi connectivity index (χ1) is 8.54. The molecule has 0 spiro atoms.